The highest BCUT2D eigenvalue weighted by Crippen LogP contribution is 2.42. The van der Waals surface area contributed by atoms with E-state index < -0.39 is 28.2 Å². The van der Waals surface area contributed by atoms with Gasteiger partial charge in [-0.25, -0.2) is 9.59 Å². The van der Waals surface area contributed by atoms with Crippen LogP contribution in [0.5, 0.6) is 23.0 Å². The number of benzene rings is 5. The molecule has 0 saturated carbocycles. The molecule has 0 amide bonds. The predicted molar refractivity (Wildman–Crippen MR) is 173 cm³/mol. The summed E-state index contributed by atoms with van der Waals surface area (Å²) >= 11 is 0. The molecule has 0 bridgehead atoms. The monoisotopic (exact) mass is 654 g/mol. The highest BCUT2D eigenvalue weighted by Gasteiger charge is 2.23. The predicted octanol–water partition coefficient (Wildman–Crippen LogP) is 5.01. The molecule has 2 N–H and O–H groups in total. The number of ether oxygens (including phenoxy) is 2. The zero-order valence-electron chi connectivity index (χ0n) is 23.8. The third-order valence-electron chi connectivity index (χ3n) is 6.33. The third-order valence-corrected chi connectivity index (χ3v) is 10.1. The van der Waals surface area contributed by atoms with Gasteiger partial charge in [-0.15, -0.1) is 0 Å². The lowest BCUT2D eigenvalue weighted by molar-refractivity contribution is -0.121. The van der Waals surface area contributed by atoms with E-state index in [1.54, 1.807) is 97.1 Å². The van der Waals surface area contributed by atoms with E-state index in [1.807, 2.05) is 0 Å². The highest BCUT2D eigenvalue weighted by atomic mass is 31.1. The minimum absolute atomic E-state index is 0.0843. The van der Waals surface area contributed by atoms with E-state index in [4.69, 9.17) is 18.5 Å². The second-order valence-electron chi connectivity index (χ2n) is 9.38. The summed E-state index contributed by atoms with van der Waals surface area (Å²) in [5, 5.41) is 21.7. The van der Waals surface area contributed by atoms with Gasteiger partial charge in [-0.1, -0.05) is 54.6 Å². The minimum Gasteiger partial charge on any atom is -0.478 e. The van der Waals surface area contributed by atoms with Gasteiger partial charge in [-0.3, -0.25) is 9.59 Å². The number of aromatic carboxylic acids is 2. The van der Waals surface area contributed by atoms with Crippen LogP contribution in [-0.4, -0.2) is 35.1 Å². The first kappa shape index (κ1) is 31.9. The Hall–Kier alpha value is -5.56. The fraction of sp³-hybridized carbons (Fsp3) is 0. The first-order chi connectivity index (χ1) is 22.3. The molecule has 10 nitrogen and oxygen atoms in total. The molecule has 0 saturated heterocycles. The van der Waals surface area contributed by atoms with Gasteiger partial charge in [0, 0.05) is 27.3 Å². The van der Waals surface area contributed by atoms with Crippen LogP contribution in [0.25, 0.3) is 0 Å². The Kier molecular flexibility index (Phi) is 10.4. The molecule has 5 rings (SSSR count). The summed E-state index contributed by atoms with van der Waals surface area (Å²) in [5.41, 5.74) is 0.169. The molecular weight excluding hydrogens is 630 g/mol. The van der Waals surface area contributed by atoms with E-state index in [9.17, 15) is 29.4 Å². The van der Waals surface area contributed by atoms with Crippen LogP contribution in [0.2, 0.25) is 0 Å². The van der Waals surface area contributed by atoms with Crippen molar-refractivity contribution in [1.82, 2.24) is 0 Å². The Labute approximate surface area is 265 Å². The van der Waals surface area contributed by atoms with Crippen LogP contribution in [0.4, 0.5) is 0 Å². The average molecular weight is 655 g/mol. The molecule has 0 aromatic heterocycles. The zero-order chi connectivity index (χ0) is 32.5. The van der Waals surface area contributed by atoms with Crippen LogP contribution in [-0.2, 0) is 9.59 Å². The lowest BCUT2D eigenvalue weighted by Gasteiger charge is -2.22. The quantitative estimate of drug-likeness (QED) is 0.124. The normalized spacial score (nSPS) is 11.8. The number of carboxylic acid groups (broad SMARTS) is 2. The molecule has 230 valence electrons. The molecule has 0 aliphatic heterocycles. The minimum atomic E-state index is -1.66. The molecule has 5 aromatic rings. The van der Waals surface area contributed by atoms with Gasteiger partial charge in [0.2, 0.25) is 0 Å². The molecule has 12 heteroatoms. The zero-order valence-corrected chi connectivity index (χ0v) is 25.5. The average Bonchev–Trinajstić information content (AvgIpc) is 3.07. The number of rotatable bonds is 14. The summed E-state index contributed by atoms with van der Waals surface area (Å²) in [7, 11) is -3.32. The first-order valence-corrected chi connectivity index (χ1v) is 16.0. The van der Waals surface area contributed by atoms with Crippen LogP contribution in [0.3, 0.4) is 0 Å². The summed E-state index contributed by atoms with van der Waals surface area (Å²) in [6, 6.07) is 33.2. The van der Waals surface area contributed by atoms with Gasteiger partial charge in [-0.05, 0) is 60.7 Å². The highest BCUT2D eigenvalue weighted by molar-refractivity contribution is 7.69. The van der Waals surface area contributed by atoms with E-state index in [-0.39, 0.29) is 11.1 Å². The van der Waals surface area contributed by atoms with Crippen molar-refractivity contribution in [1.29, 1.82) is 0 Å². The molecular formula is C34H24O10P2. The number of carbonyl (C=O) groups excluding carboxylic acids is 2. The Morgan fingerprint density at radius 2 is 0.826 bits per heavy atom. The molecule has 0 fully saturated rings. The van der Waals surface area contributed by atoms with Crippen LogP contribution in [0.15, 0.2) is 121 Å². The van der Waals surface area contributed by atoms with Crippen molar-refractivity contribution >= 4 is 62.4 Å². The summed E-state index contributed by atoms with van der Waals surface area (Å²) in [5.74, 6) is -0.784. The van der Waals surface area contributed by atoms with Crippen molar-refractivity contribution in [3.05, 3.63) is 132 Å². The summed E-state index contributed by atoms with van der Waals surface area (Å²) in [6.07, 6.45) is 0. The molecule has 2 unspecified atom stereocenters. The number of hydrogen-bond donors (Lipinski definition) is 2. The van der Waals surface area contributed by atoms with E-state index >= 15 is 0 Å². The maximum absolute atomic E-state index is 11.7. The lowest BCUT2D eigenvalue weighted by Crippen LogP contribution is -2.18. The summed E-state index contributed by atoms with van der Waals surface area (Å²) in [4.78, 5) is 45.5. The second-order valence-corrected chi connectivity index (χ2v) is 13.0. The number of carbonyl (C=O) groups is 4. The molecule has 0 radical (unpaired) electrons. The van der Waals surface area contributed by atoms with Gasteiger partial charge in [0.05, 0.1) is 11.1 Å². The van der Waals surface area contributed by atoms with Gasteiger partial charge in [0.25, 0.3) is 12.9 Å². The maximum atomic E-state index is 11.7. The number of hydrogen-bond acceptors (Lipinski definition) is 8. The number of carboxylic acids is 2. The van der Waals surface area contributed by atoms with E-state index in [1.165, 1.54) is 24.3 Å². The van der Waals surface area contributed by atoms with E-state index in [0.717, 1.165) is 0 Å². The summed E-state index contributed by atoms with van der Waals surface area (Å²) in [6.45, 7) is 0.637. The van der Waals surface area contributed by atoms with Gasteiger partial charge in [-0.2, -0.15) is 0 Å². The smallest absolute Gasteiger partial charge is 0.335 e. The largest absolute Gasteiger partial charge is 0.478 e. The van der Waals surface area contributed by atoms with Crippen molar-refractivity contribution in [3.63, 3.8) is 0 Å². The standard InChI is InChI=1S/C34H24O10P2/c35-21-41-25-8-4-14-31(19-25)45(29-12-1-6-23(16-29)33(37)38)43-27-10-3-11-28(18-27)44-46(30-13-2-7-24(17-30)34(39)40)32-15-5-9-26(20-32)42-22-36/h1-22H,(H,37,38)(H,39,40). The van der Waals surface area contributed by atoms with Crippen molar-refractivity contribution in [2.45, 2.75) is 0 Å². The van der Waals surface area contributed by atoms with Gasteiger partial charge >= 0.3 is 11.9 Å². The summed E-state index contributed by atoms with van der Waals surface area (Å²) < 4.78 is 23.1. The van der Waals surface area contributed by atoms with Crippen molar-refractivity contribution < 1.29 is 47.9 Å². The van der Waals surface area contributed by atoms with Crippen molar-refractivity contribution in [2.24, 2.45) is 0 Å². The second kappa shape index (κ2) is 14.9. The first-order valence-electron chi connectivity index (χ1n) is 13.5. The Balaban J connectivity index is 1.52. The SMILES string of the molecule is O=COc1cccc(P(Oc2cccc(OP(c3cccc(OC=O)c3)c3cccc(C(=O)O)c3)c2)c2cccc(C(=O)O)c2)c1. The van der Waals surface area contributed by atoms with Gasteiger partial charge in [0.15, 0.2) is 16.3 Å². The van der Waals surface area contributed by atoms with Crippen LogP contribution in [0.1, 0.15) is 20.7 Å². The van der Waals surface area contributed by atoms with Crippen molar-refractivity contribution in [2.75, 3.05) is 0 Å². The van der Waals surface area contributed by atoms with Gasteiger partial charge < -0.3 is 28.7 Å². The lowest BCUT2D eigenvalue weighted by atomic mass is 10.2. The topological polar surface area (TPSA) is 146 Å². The van der Waals surface area contributed by atoms with Gasteiger partial charge in [0.1, 0.15) is 23.0 Å². The van der Waals surface area contributed by atoms with E-state index in [2.05, 4.69) is 0 Å². The van der Waals surface area contributed by atoms with Crippen LogP contribution < -0.4 is 39.7 Å². The Bertz CT molecular complexity index is 1760. The van der Waals surface area contributed by atoms with Crippen LogP contribution in [0, 0.1) is 0 Å². The molecule has 5 aromatic carbocycles. The Morgan fingerprint density at radius 3 is 1.22 bits per heavy atom. The molecule has 0 aliphatic carbocycles. The van der Waals surface area contributed by atoms with Crippen LogP contribution >= 0.6 is 16.3 Å². The Morgan fingerprint density at radius 1 is 0.478 bits per heavy atom. The fourth-order valence-electron chi connectivity index (χ4n) is 4.32. The fourth-order valence-corrected chi connectivity index (χ4v) is 7.87. The molecule has 0 heterocycles. The third kappa shape index (κ3) is 7.93. The molecule has 46 heavy (non-hydrogen) atoms. The van der Waals surface area contributed by atoms with Crippen molar-refractivity contribution in [3.8, 4) is 23.0 Å². The molecule has 0 spiro atoms. The molecule has 2 atom stereocenters. The maximum Gasteiger partial charge on any atom is 0.335 e. The molecule has 0 aliphatic rings. The van der Waals surface area contributed by atoms with E-state index in [0.29, 0.717) is 57.2 Å².